The summed E-state index contributed by atoms with van der Waals surface area (Å²) < 4.78 is 0. The third kappa shape index (κ3) is 2.94. The molecule has 16 heavy (non-hydrogen) atoms. The van der Waals surface area contributed by atoms with Gasteiger partial charge in [0.2, 0.25) is 0 Å². The fraction of sp³-hybridized carbons (Fsp3) is 0.300. The molecule has 0 aromatic carbocycles. The van der Waals surface area contributed by atoms with Crippen LogP contribution in [0.25, 0.3) is 0 Å². The number of carboxylic acid groups (broad SMARTS) is 1. The van der Waals surface area contributed by atoms with Crippen molar-refractivity contribution in [1.29, 1.82) is 0 Å². The van der Waals surface area contributed by atoms with Crippen molar-refractivity contribution < 1.29 is 19.8 Å². The molecule has 3 N–H and O–H groups in total. The van der Waals surface area contributed by atoms with Crippen LogP contribution in [0.2, 0.25) is 0 Å². The summed E-state index contributed by atoms with van der Waals surface area (Å²) in [7, 11) is 0. The molecule has 0 bridgehead atoms. The molecule has 0 saturated heterocycles. The predicted molar refractivity (Wildman–Crippen MR) is 55.1 cm³/mol. The Balaban J connectivity index is 2.75. The topological polar surface area (TPSA) is 99.5 Å². The maximum absolute atomic E-state index is 11.5. The van der Waals surface area contributed by atoms with E-state index in [2.05, 4.69) is 10.3 Å². The molecular formula is C10H12N2O4. The van der Waals surface area contributed by atoms with Gasteiger partial charge in [0.25, 0.3) is 5.91 Å². The molecule has 1 aromatic heterocycles. The molecule has 1 aromatic rings. The summed E-state index contributed by atoms with van der Waals surface area (Å²) in [5.41, 5.74) is 0.125. The van der Waals surface area contributed by atoms with Gasteiger partial charge in [-0.25, -0.2) is 4.79 Å². The maximum atomic E-state index is 11.5. The Kier molecular flexibility index (Phi) is 3.82. The van der Waals surface area contributed by atoms with Crippen molar-refractivity contribution in [3.8, 4) is 5.75 Å². The van der Waals surface area contributed by atoms with Crippen LogP contribution in [0.5, 0.6) is 5.75 Å². The van der Waals surface area contributed by atoms with Crippen LogP contribution in [0.4, 0.5) is 0 Å². The zero-order chi connectivity index (χ0) is 12.1. The van der Waals surface area contributed by atoms with Crippen molar-refractivity contribution in [2.75, 3.05) is 0 Å². The number of aromatic hydroxyl groups is 1. The van der Waals surface area contributed by atoms with E-state index < -0.39 is 17.9 Å². The molecule has 0 aliphatic heterocycles. The fourth-order valence-electron chi connectivity index (χ4n) is 1.13. The number of amides is 1. The molecule has 1 rings (SSSR count). The molecule has 6 nitrogen and oxygen atoms in total. The second-order valence-corrected chi connectivity index (χ2v) is 3.20. The standard InChI is InChI=1S/C10H12N2O4/c1-2-8(10(15)16)12-9(14)6-3-7(13)5-11-4-6/h3-5,8,13H,2H2,1H3,(H,12,14)(H,15,16)/t8-/m1/s1. The first-order valence-corrected chi connectivity index (χ1v) is 4.72. The number of hydrogen-bond donors (Lipinski definition) is 3. The Morgan fingerprint density at radius 2 is 2.19 bits per heavy atom. The summed E-state index contributed by atoms with van der Waals surface area (Å²) in [4.78, 5) is 25.9. The molecule has 0 spiro atoms. The van der Waals surface area contributed by atoms with E-state index in [1.54, 1.807) is 6.92 Å². The molecule has 86 valence electrons. The number of aliphatic carboxylic acids is 1. The highest BCUT2D eigenvalue weighted by Gasteiger charge is 2.18. The molecule has 1 heterocycles. The second kappa shape index (κ2) is 5.11. The van der Waals surface area contributed by atoms with E-state index >= 15 is 0 Å². The third-order valence-corrected chi connectivity index (χ3v) is 2.00. The first-order valence-electron chi connectivity index (χ1n) is 4.72. The van der Waals surface area contributed by atoms with Gasteiger partial charge in [-0.2, -0.15) is 0 Å². The SMILES string of the molecule is CC[C@@H](NC(=O)c1cncc(O)c1)C(=O)O. The number of nitrogens with one attached hydrogen (secondary N) is 1. The minimum atomic E-state index is -1.09. The van der Waals surface area contributed by atoms with Crippen molar-refractivity contribution >= 4 is 11.9 Å². The van der Waals surface area contributed by atoms with Crippen LogP contribution in [0.3, 0.4) is 0 Å². The van der Waals surface area contributed by atoms with Gasteiger partial charge in [-0.15, -0.1) is 0 Å². The number of nitrogens with zero attached hydrogens (tertiary/aromatic N) is 1. The highest BCUT2D eigenvalue weighted by Crippen LogP contribution is 2.08. The lowest BCUT2D eigenvalue weighted by Crippen LogP contribution is -2.40. The van der Waals surface area contributed by atoms with Crippen molar-refractivity contribution in [2.24, 2.45) is 0 Å². The Hall–Kier alpha value is -2.11. The van der Waals surface area contributed by atoms with Gasteiger partial charge in [-0.3, -0.25) is 9.78 Å². The van der Waals surface area contributed by atoms with Gasteiger partial charge in [-0.1, -0.05) is 6.92 Å². The number of hydrogen-bond acceptors (Lipinski definition) is 4. The second-order valence-electron chi connectivity index (χ2n) is 3.20. The first kappa shape index (κ1) is 12.0. The Morgan fingerprint density at radius 3 is 2.69 bits per heavy atom. The predicted octanol–water partition coefficient (Wildman–Crippen LogP) is 0.380. The van der Waals surface area contributed by atoms with Gasteiger partial charge in [-0.05, 0) is 12.5 Å². The molecule has 1 amide bonds. The zero-order valence-electron chi connectivity index (χ0n) is 8.67. The smallest absolute Gasteiger partial charge is 0.326 e. The van der Waals surface area contributed by atoms with E-state index in [4.69, 9.17) is 10.2 Å². The van der Waals surface area contributed by atoms with E-state index in [1.807, 2.05) is 0 Å². The number of pyridine rings is 1. The van der Waals surface area contributed by atoms with Crippen molar-refractivity contribution in [1.82, 2.24) is 10.3 Å². The Labute approximate surface area is 91.9 Å². The minimum absolute atomic E-state index is 0.125. The lowest BCUT2D eigenvalue weighted by molar-refractivity contribution is -0.139. The number of carbonyl (C=O) groups excluding carboxylic acids is 1. The normalized spacial score (nSPS) is 11.8. The van der Waals surface area contributed by atoms with Gasteiger partial charge in [0.1, 0.15) is 11.8 Å². The minimum Gasteiger partial charge on any atom is -0.506 e. The number of carboxylic acids is 1. The van der Waals surface area contributed by atoms with Crippen molar-refractivity contribution in [2.45, 2.75) is 19.4 Å². The summed E-state index contributed by atoms with van der Waals surface area (Å²) in [6.45, 7) is 1.65. The van der Waals surface area contributed by atoms with Crippen LogP contribution in [-0.4, -0.2) is 33.1 Å². The number of carbonyl (C=O) groups is 2. The first-order chi connectivity index (χ1) is 7.54. The van der Waals surface area contributed by atoms with Crippen molar-refractivity contribution in [3.05, 3.63) is 24.0 Å². The number of aromatic nitrogens is 1. The summed E-state index contributed by atoms with van der Waals surface area (Å²) >= 11 is 0. The van der Waals surface area contributed by atoms with Crippen LogP contribution in [0.15, 0.2) is 18.5 Å². The molecule has 0 fully saturated rings. The summed E-state index contributed by atoms with van der Waals surface area (Å²) in [6, 6.07) is 0.284. The average Bonchev–Trinajstić information content (AvgIpc) is 2.25. The van der Waals surface area contributed by atoms with Crippen LogP contribution in [-0.2, 0) is 4.79 Å². The highest BCUT2D eigenvalue weighted by atomic mass is 16.4. The Bertz CT molecular complexity index is 406. The molecule has 0 aliphatic rings. The average molecular weight is 224 g/mol. The lowest BCUT2D eigenvalue weighted by atomic mass is 10.2. The summed E-state index contributed by atoms with van der Waals surface area (Å²) in [5, 5.41) is 20.2. The fourth-order valence-corrected chi connectivity index (χ4v) is 1.13. The van der Waals surface area contributed by atoms with Crippen molar-refractivity contribution in [3.63, 3.8) is 0 Å². The molecule has 0 unspecified atom stereocenters. The van der Waals surface area contributed by atoms with E-state index in [1.165, 1.54) is 18.5 Å². The van der Waals surface area contributed by atoms with Crippen LogP contribution < -0.4 is 5.32 Å². The van der Waals surface area contributed by atoms with E-state index in [0.717, 1.165) is 0 Å². The van der Waals surface area contributed by atoms with Crippen LogP contribution in [0.1, 0.15) is 23.7 Å². The lowest BCUT2D eigenvalue weighted by Gasteiger charge is -2.11. The highest BCUT2D eigenvalue weighted by molar-refractivity contribution is 5.96. The molecule has 1 atom stereocenters. The van der Waals surface area contributed by atoms with Gasteiger partial charge >= 0.3 is 5.97 Å². The monoisotopic (exact) mass is 224 g/mol. The number of rotatable bonds is 4. The van der Waals surface area contributed by atoms with Gasteiger partial charge in [0, 0.05) is 6.20 Å². The molecular weight excluding hydrogens is 212 g/mol. The summed E-state index contributed by atoms with van der Waals surface area (Å²) in [5.74, 6) is -1.81. The Morgan fingerprint density at radius 1 is 1.50 bits per heavy atom. The summed E-state index contributed by atoms with van der Waals surface area (Å²) in [6.07, 6.45) is 2.72. The molecule has 6 heteroatoms. The largest absolute Gasteiger partial charge is 0.506 e. The zero-order valence-corrected chi connectivity index (χ0v) is 8.67. The van der Waals surface area contributed by atoms with E-state index in [9.17, 15) is 9.59 Å². The van der Waals surface area contributed by atoms with Crippen LogP contribution >= 0.6 is 0 Å². The van der Waals surface area contributed by atoms with E-state index in [-0.39, 0.29) is 17.7 Å². The maximum Gasteiger partial charge on any atom is 0.326 e. The molecule has 0 radical (unpaired) electrons. The van der Waals surface area contributed by atoms with Gasteiger partial charge in [0.05, 0.1) is 11.8 Å². The van der Waals surface area contributed by atoms with Gasteiger partial charge in [0.15, 0.2) is 0 Å². The third-order valence-electron chi connectivity index (χ3n) is 2.00. The molecule has 0 aliphatic carbocycles. The quantitative estimate of drug-likeness (QED) is 0.686. The molecule has 0 saturated carbocycles. The van der Waals surface area contributed by atoms with Crippen LogP contribution in [0, 0.1) is 0 Å². The van der Waals surface area contributed by atoms with E-state index in [0.29, 0.717) is 0 Å². The van der Waals surface area contributed by atoms with Gasteiger partial charge < -0.3 is 15.5 Å².